The summed E-state index contributed by atoms with van der Waals surface area (Å²) in [7, 11) is 0. The van der Waals surface area contributed by atoms with Gasteiger partial charge in [-0.2, -0.15) is 0 Å². The fraction of sp³-hybridized carbons (Fsp3) is 0.143. The molecule has 0 aliphatic heterocycles. The van der Waals surface area contributed by atoms with Crippen LogP contribution in [-0.4, -0.2) is 11.7 Å². The molecule has 2 aromatic rings. The number of halogens is 2. The molecule has 0 spiro atoms. The van der Waals surface area contributed by atoms with Gasteiger partial charge in [0.15, 0.2) is 0 Å². The fourth-order valence-corrected chi connectivity index (χ4v) is 2.27. The zero-order valence-corrected chi connectivity index (χ0v) is 11.9. The summed E-state index contributed by atoms with van der Waals surface area (Å²) in [5.41, 5.74) is 2.92. The van der Waals surface area contributed by atoms with Gasteiger partial charge in [-0.1, -0.05) is 33.6 Å². The van der Waals surface area contributed by atoms with Crippen LogP contribution in [0.4, 0.5) is 11.4 Å². The monoisotopic (exact) mass is 324 g/mol. The van der Waals surface area contributed by atoms with E-state index in [0.29, 0.717) is 11.4 Å². The third kappa shape index (κ3) is 3.48. The molecule has 4 heteroatoms. The van der Waals surface area contributed by atoms with Crippen molar-refractivity contribution in [3.8, 4) is 0 Å². The first-order valence-electron chi connectivity index (χ1n) is 5.52. The highest BCUT2D eigenvalue weighted by molar-refractivity contribution is 9.10. The SMILES string of the molecule is OCCc1cc(Br)ccc1Nc1cc[c]c(Cl)c1. The van der Waals surface area contributed by atoms with Crippen molar-refractivity contribution in [1.82, 2.24) is 0 Å². The second-order valence-corrected chi connectivity index (χ2v) is 5.15. The molecule has 0 bridgehead atoms. The first kappa shape index (κ1) is 13.4. The standard InChI is InChI=1S/C14H12BrClNO/c15-11-4-5-14(10(8-11)6-7-18)17-13-3-1-2-12(16)9-13/h1,3-5,8-9,17-18H,6-7H2. The van der Waals surface area contributed by atoms with Crippen molar-refractivity contribution in [2.75, 3.05) is 11.9 Å². The zero-order chi connectivity index (χ0) is 13.0. The highest BCUT2D eigenvalue weighted by Gasteiger charge is 2.04. The quantitative estimate of drug-likeness (QED) is 0.884. The summed E-state index contributed by atoms with van der Waals surface area (Å²) in [4.78, 5) is 0. The van der Waals surface area contributed by atoms with Gasteiger partial charge in [-0.15, -0.1) is 0 Å². The van der Waals surface area contributed by atoms with Crippen LogP contribution in [0, 0.1) is 6.07 Å². The molecule has 0 unspecified atom stereocenters. The van der Waals surface area contributed by atoms with Crippen LogP contribution in [0.1, 0.15) is 5.56 Å². The Kier molecular flexibility index (Phi) is 4.64. The predicted octanol–water partition coefficient (Wildman–Crippen LogP) is 4.18. The van der Waals surface area contributed by atoms with Crippen LogP contribution in [0.3, 0.4) is 0 Å². The molecule has 0 saturated carbocycles. The number of aliphatic hydroxyl groups is 1. The summed E-state index contributed by atoms with van der Waals surface area (Å²) in [6.07, 6.45) is 0.606. The van der Waals surface area contributed by atoms with Gasteiger partial charge in [0.1, 0.15) is 0 Å². The molecular weight excluding hydrogens is 314 g/mol. The van der Waals surface area contributed by atoms with Gasteiger partial charge in [-0.3, -0.25) is 0 Å². The topological polar surface area (TPSA) is 32.3 Å². The summed E-state index contributed by atoms with van der Waals surface area (Å²) >= 11 is 9.32. The molecule has 18 heavy (non-hydrogen) atoms. The van der Waals surface area contributed by atoms with Crippen molar-refractivity contribution in [1.29, 1.82) is 0 Å². The largest absolute Gasteiger partial charge is 0.396 e. The van der Waals surface area contributed by atoms with Crippen LogP contribution >= 0.6 is 27.5 Å². The molecule has 2 rings (SSSR count). The van der Waals surface area contributed by atoms with Gasteiger partial charge in [-0.25, -0.2) is 0 Å². The maximum absolute atomic E-state index is 9.08. The number of rotatable bonds is 4. The average molecular weight is 326 g/mol. The van der Waals surface area contributed by atoms with Gasteiger partial charge in [0.2, 0.25) is 0 Å². The van der Waals surface area contributed by atoms with E-state index in [9.17, 15) is 0 Å². The van der Waals surface area contributed by atoms with E-state index in [0.717, 1.165) is 21.4 Å². The second kappa shape index (κ2) is 6.23. The van der Waals surface area contributed by atoms with Gasteiger partial charge in [0.05, 0.1) is 5.02 Å². The Bertz CT molecular complexity index is 545. The minimum Gasteiger partial charge on any atom is -0.396 e. The summed E-state index contributed by atoms with van der Waals surface area (Å²) in [5.74, 6) is 0. The van der Waals surface area contributed by atoms with Crippen LogP contribution in [0.25, 0.3) is 0 Å². The molecule has 0 fully saturated rings. The number of anilines is 2. The Morgan fingerprint density at radius 3 is 2.83 bits per heavy atom. The van der Waals surface area contributed by atoms with Crippen LogP contribution in [-0.2, 0) is 6.42 Å². The third-order valence-corrected chi connectivity index (χ3v) is 3.21. The maximum Gasteiger partial charge on any atom is 0.0505 e. The number of hydrogen-bond donors (Lipinski definition) is 2. The molecule has 0 amide bonds. The molecule has 2 aromatic carbocycles. The van der Waals surface area contributed by atoms with Gasteiger partial charge in [0, 0.05) is 28.5 Å². The lowest BCUT2D eigenvalue weighted by molar-refractivity contribution is 0.300. The van der Waals surface area contributed by atoms with E-state index in [2.05, 4.69) is 27.3 Å². The minimum atomic E-state index is 0.120. The fourth-order valence-electron chi connectivity index (χ4n) is 1.68. The van der Waals surface area contributed by atoms with E-state index in [4.69, 9.17) is 16.7 Å². The first-order valence-corrected chi connectivity index (χ1v) is 6.69. The summed E-state index contributed by atoms with van der Waals surface area (Å²) in [6.45, 7) is 0.120. The van der Waals surface area contributed by atoms with Crippen LogP contribution in [0.15, 0.2) is 40.9 Å². The average Bonchev–Trinajstić information content (AvgIpc) is 2.33. The third-order valence-electron chi connectivity index (χ3n) is 2.49. The van der Waals surface area contributed by atoms with Crippen molar-refractivity contribution in [3.63, 3.8) is 0 Å². The number of aliphatic hydroxyl groups excluding tert-OH is 1. The van der Waals surface area contributed by atoms with Crippen molar-refractivity contribution in [3.05, 3.63) is 57.5 Å². The predicted molar refractivity (Wildman–Crippen MR) is 78.5 cm³/mol. The number of benzene rings is 2. The van der Waals surface area contributed by atoms with Gasteiger partial charge >= 0.3 is 0 Å². The Labute approximate surface area is 120 Å². The Morgan fingerprint density at radius 2 is 2.11 bits per heavy atom. The summed E-state index contributed by atoms with van der Waals surface area (Å²) < 4.78 is 0.996. The lowest BCUT2D eigenvalue weighted by atomic mass is 10.1. The summed E-state index contributed by atoms with van der Waals surface area (Å²) in [6, 6.07) is 14.3. The van der Waals surface area contributed by atoms with E-state index < -0.39 is 0 Å². The highest BCUT2D eigenvalue weighted by Crippen LogP contribution is 2.26. The van der Waals surface area contributed by atoms with Gasteiger partial charge < -0.3 is 10.4 Å². The van der Waals surface area contributed by atoms with Crippen LogP contribution in [0.2, 0.25) is 5.02 Å². The van der Waals surface area contributed by atoms with E-state index in [1.807, 2.05) is 30.3 Å². The molecule has 0 aromatic heterocycles. The van der Waals surface area contributed by atoms with Crippen molar-refractivity contribution in [2.24, 2.45) is 0 Å². The van der Waals surface area contributed by atoms with Gasteiger partial charge in [-0.05, 0) is 42.3 Å². The van der Waals surface area contributed by atoms with E-state index in [-0.39, 0.29) is 6.61 Å². The Balaban J connectivity index is 2.28. The lowest BCUT2D eigenvalue weighted by Crippen LogP contribution is -1.98. The molecular formula is C14H12BrClNO. The first-order chi connectivity index (χ1) is 8.69. The van der Waals surface area contributed by atoms with Gasteiger partial charge in [0.25, 0.3) is 0 Å². The van der Waals surface area contributed by atoms with E-state index in [1.165, 1.54) is 0 Å². The molecule has 2 N–H and O–H groups in total. The maximum atomic E-state index is 9.08. The smallest absolute Gasteiger partial charge is 0.0505 e. The van der Waals surface area contributed by atoms with Crippen molar-refractivity contribution in [2.45, 2.75) is 6.42 Å². The second-order valence-electron chi connectivity index (χ2n) is 3.83. The molecule has 93 valence electrons. The van der Waals surface area contributed by atoms with Crippen LogP contribution in [0.5, 0.6) is 0 Å². The van der Waals surface area contributed by atoms with Crippen molar-refractivity contribution >= 4 is 38.9 Å². The molecule has 0 aliphatic carbocycles. The van der Waals surface area contributed by atoms with E-state index in [1.54, 1.807) is 6.07 Å². The normalized spacial score (nSPS) is 10.4. The molecule has 1 radical (unpaired) electrons. The number of nitrogens with one attached hydrogen (secondary N) is 1. The summed E-state index contributed by atoms with van der Waals surface area (Å²) in [5, 5.41) is 12.9. The van der Waals surface area contributed by atoms with E-state index >= 15 is 0 Å². The number of hydrogen-bond acceptors (Lipinski definition) is 2. The minimum absolute atomic E-state index is 0.120. The zero-order valence-electron chi connectivity index (χ0n) is 9.58. The van der Waals surface area contributed by atoms with Crippen LogP contribution < -0.4 is 5.32 Å². The highest BCUT2D eigenvalue weighted by atomic mass is 79.9. The lowest BCUT2D eigenvalue weighted by Gasteiger charge is -2.12. The molecule has 0 saturated heterocycles. The molecule has 0 aliphatic rings. The van der Waals surface area contributed by atoms with Crippen molar-refractivity contribution < 1.29 is 5.11 Å². The molecule has 0 heterocycles. The molecule has 2 nitrogen and oxygen atoms in total. The Morgan fingerprint density at radius 1 is 1.28 bits per heavy atom. The molecule has 0 atom stereocenters. The Hall–Kier alpha value is -1.03.